The molecule has 1 fully saturated rings. The van der Waals surface area contributed by atoms with E-state index in [9.17, 15) is 4.79 Å². The molecule has 1 N–H and O–H groups in total. The van der Waals surface area contributed by atoms with E-state index in [-0.39, 0.29) is 12.8 Å². The highest BCUT2D eigenvalue weighted by molar-refractivity contribution is 5.89. The van der Waals surface area contributed by atoms with Gasteiger partial charge in [-0.2, -0.15) is 0 Å². The molecule has 8 nitrogen and oxygen atoms in total. The molecule has 32 heavy (non-hydrogen) atoms. The highest BCUT2D eigenvalue weighted by atomic mass is 16.7. The van der Waals surface area contributed by atoms with Crippen LogP contribution in [0.25, 0.3) is 0 Å². The van der Waals surface area contributed by atoms with Gasteiger partial charge in [-0.1, -0.05) is 6.07 Å². The SMILES string of the molecule is COc1ccc(CCN(C)[C@H]2CCCN(C(=O)Nc3ccc4c(c3)OCO4)C2)cc1OC. The van der Waals surface area contributed by atoms with E-state index in [1.54, 1.807) is 20.3 Å². The van der Waals surface area contributed by atoms with Gasteiger partial charge in [-0.3, -0.25) is 0 Å². The van der Waals surface area contributed by atoms with Crippen LogP contribution in [0, 0.1) is 0 Å². The van der Waals surface area contributed by atoms with Crippen molar-refractivity contribution >= 4 is 11.7 Å². The quantitative estimate of drug-likeness (QED) is 0.708. The van der Waals surface area contributed by atoms with Crippen LogP contribution in [0.5, 0.6) is 23.0 Å². The second-order valence-corrected chi connectivity index (χ2v) is 8.16. The van der Waals surface area contributed by atoms with Crippen LogP contribution in [0.4, 0.5) is 10.5 Å². The lowest BCUT2D eigenvalue weighted by Gasteiger charge is -2.37. The highest BCUT2D eigenvalue weighted by Gasteiger charge is 2.26. The number of carbonyl (C=O) groups is 1. The summed E-state index contributed by atoms with van der Waals surface area (Å²) in [6.07, 6.45) is 2.97. The molecule has 2 amide bonds. The van der Waals surface area contributed by atoms with Gasteiger partial charge in [0, 0.05) is 37.4 Å². The maximum absolute atomic E-state index is 12.8. The molecule has 1 saturated heterocycles. The van der Waals surface area contributed by atoms with Gasteiger partial charge in [-0.05, 0) is 56.1 Å². The number of fused-ring (bicyclic) bond motifs is 1. The van der Waals surface area contributed by atoms with Crippen LogP contribution in [0.1, 0.15) is 18.4 Å². The molecule has 0 spiro atoms. The Balaban J connectivity index is 1.30. The molecule has 4 rings (SSSR count). The van der Waals surface area contributed by atoms with Crippen molar-refractivity contribution in [2.45, 2.75) is 25.3 Å². The Kier molecular flexibility index (Phi) is 6.90. The number of nitrogens with zero attached hydrogens (tertiary/aromatic N) is 2. The zero-order valence-electron chi connectivity index (χ0n) is 18.9. The van der Waals surface area contributed by atoms with E-state index in [1.807, 2.05) is 29.2 Å². The zero-order chi connectivity index (χ0) is 22.5. The van der Waals surface area contributed by atoms with Gasteiger partial charge >= 0.3 is 6.03 Å². The molecule has 1 atom stereocenters. The molecule has 0 aromatic heterocycles. The number of rotatable bonds is 7. The number of ether oxygens (including phenoxy) is 4. The van der Waals surface area contributed by atoms with Crippen LogP contribution in [0.3, 0.4) is 0 Å². The number of hydrogen-bond acceptors (Lipinski definition) is 6. The fraction of sp³-hybridized carbons (Fsp3) is 0.458. The molecule has 0 aliphatic carbocycles. The predicted molar refractivity (Wildman–Crippen MR) is 122 cm³/mol. The van der Waals surface area contributed by atoms with Crippen LogP contribution in [-0.4, -0.2) is 69.6 Å². The first-order chi connectivity index (χ1) is 15.6. The Labute approximate surface area is 189 Å². The lowest BCUT2D eigenvalue weighted by molar-refractivity contribution is 0.133. The van der Waals surface area contributed by atoms with E-state index in [4.69, 9.17) is 18.9 Å². The molecular formula is C24H31N3O5. The van der Waals surface area contributed by atoms with Crippen molar-refractivity contribution in [2.75, 3.05) is 53.0 Å². The second kappa shape index (κ2) is 9.99. The van der Waals surface area contributed by atoms with Crippen molar-refractivity contribution in [3.8, 4) is 23.0 Å². The summed E-state index contributed by atoms with van der Waals surface area (Å²) < 4.78 is 21.5. The largest absolute Gasteiger partial charge is 0.493 e. The normalized spacial score (nSPS) is 17.4. The lowest BCUT2D eigenvalue weighted by Crippen LogP contribution is -2.50. The molecule has 2 aromatic carbocycles. The van der Waals surface area contributed by atoms with Crippen LogP contribution in [-0.2, 0) is 6.42 Å². The van der Waals surface area contributed by atoms with E-state index >= 15 is 0 Å². The minimum atomic E-state index is -0.0816. The number of anilines is 1. The molecule has 172 valence electrons. The molecule has 0 bridgehead atoms. The van der Waals surface area contributed by atoms with E-state index in [1.165, 1.54) is 5.56 Å². The van der Waals surface area contributed by atoms with Gasteiger partial charge in [-0.15, -0.1) is 0 Å². The van der Waals surface area contributed by atoms with E-state index < -0.39 is 0 Å². The number of piperidine rings is 1. The van der Waals surface area contributed by atoms with Crippen LogP contribution < -0.4 is 24.3 Å². The van der Waals surface area contributed by atoms with E-state index in [2.05, 4.69) is 23.3 Å². The molecule has 0 radical (unpaired) electrons. The maximum Gasteiger partial charge on any atom is 0.321 e. The minimum absolute atomic E-state index is 0.0816. The number of likely N-dealkylation sites (tertiary alicyclic amines) is 1. The Hall–Kier alpha value is -3.13. The minimum Gasteiger partial charge on any atom is -0.493 e. The Morgan fingerprint density at radius 2 is 1.94 bits per heavy atom. The van der Waals surface area contributed by atoms with Crippen molar-refractivity contribution in [3.05, 3.63) is 42.0 Å². The smallest absolute Gasteiger partial charge is 0.321 e. The van der Waals surface area contributed by atoms with Gasteiger partial charge in [0.15, 0.2) is 23.0 Å². The van der Waals surface area contributed by atoms with Crippen LogP contribution >= 0.6 is 0 Å². The summed E-state index contributed by atoms with van der Waals surface area (Å²) >= 11 is 0. The molecule has 2 heterocycles. The number of nitrogens with one attached hydrogen (secondary N) is 1. The summed E-state index contributed by atoms with van der Waals surface area (Å²) in [6, 6.07) is 11.7. The lowest BCUT2D eigenvalue weighted by atomic mass is 10.0. The summed E-state index contributed by atoms with van der Waals surface area (Å²) in [5, 5.41) is 2.99. The first kappa shape index (κ1) is 22.1. The second-order valence-electron chi connectivity index (χ2n) is 8.16. The average molecular weight is 442 g/mol. The molecule has 2 aliphatic heterocycles. The standard InChI is InChI=1S/C24H31N3O5/c1-26(12-10-17-6-8-20(29-2)22(13-17)30-3)19-5-4-11-27(15-19)24(28)25-18-7-9-21-23(14-18)32-16-31-21/h6-9,13-14,19H,4-5,10-12,15-16H2,1-3H3,(H,25,28)/t19-/m0/s1. The summed E-state index contributed by atoms with van der Waals surface area (Å²) in [7, 11) is 5.42. The van der Waals surface area contributed by atoms with E-state index in [0.717, 1.165) is 43.9 Å². The molecule has 0 saturated carbocycles. The van der Waals surface area contributed by atoms with Gasteiger partial charge in [0.05, 0.1) is 14.2 Å². The predicted octanol–water partition coefficient (Wildman–Crippen LogP) is 3.60. The summed E-state index contributed by atoms with van der Waals surface area (Å²) in [5.74, 6) is 2.85. The fourth-order valence-corrected chi connectivity index (χ4v) is 4.20. The van der Waals surface area contributed by atoms with Crippen molar-refractivity contribution in [1.29, 1.82) is 0 Å². The summed E-state index contributed by atoms with van der Waals surface area (Å²) in [4.78, 5) is 17.1. The Morgan fingerprint density at radius 1 is 1.12 bits per heavy atom. The third-order valence-electron chi connectivity index (χ3n) is 6.13. The Bertz CT molecular complexity index is 951. The maximum atomic E-state index is 12.8. The topological polar surface area (TPSA) is 72.5 Å². The summed E-state index contributed by atoms with van der Waals surface area (Å²) in [6.45, 7) is 2.59. The van der Waals surface area contributed by atoms with Gasteiger partial charge in [0.1, 0.15) is 0 Å². The van der Waals surface area contributed by atoms with Crippen molar-refractivity contribution < 1.29 is 23.7 Å². The van der Waals surface area contributed by atoms with Gasteiger partial charge in [0.25, 0.3) is 0 Å². The third kappa shape index (κ3) is 5.02. The van der Waals surface area contributed by atoms with Gasteiger partial charge in [-0.25, -0.2) is 4.79 Å². The Morgan fingerprint density at radius 3 is 2.75 bits per heavy atom. The fourth-order valence-electron chi connectivity index (χ4n) is 4.20. The van der Waals surface area contributed by atoms with Crippen molar-refractivity contribution in [2.24, 2.45) is 0 Å². The number of hydrogen-bond donors (Lipinski definition) is 1. The average Bonchev–Trinajstić information content (AvgIpc) is 3.30. The van der Waals surface area contributed by atoms with E-state index in [0.29, 0.717) is 29.8 Å². The highest BCUT2D eigenvalue weighted by Crippen LogP contribution is 2.34. The van der Waals surface area contributed by atoms with Crippen molar-refractivity contribution in [1.82, 2.24) is 9.80 Å². The van der Waals surface area contributed by atoms with Crippen LogP contribution in [0.15, 0.2) is 36.4 Å². The summed E-state index contributed by atoms with van der Waals surface area (Å²) in [5.41, 5.74) is 1.91. The third-order valence-corrected chi connectivity index (χ3v) is 6.13. The number of carbonyl (C=O) groups excluding carboxylic acids is 1. The molecule has 0 unspecified atom stereocenters. The molecular weight excluding hydrogens is 410 g/mol. The number of urea groups is 1. The molecule has 2 aliphatic rings. The number of benzene rings is 2. The molecule has 8 heteroatoms. The first-order valence-corrected chi connectivity index (χ1v) is 10.9. The monoisotopic (exact) mass is 441 g/mol. The first-order valence-electron chi connectivity index (χ1n) is 10.9. The van der Waals surface area contributed by atoms with Crippen LogP contribution in [0.2, 0.25) is 0 Å². The number of likely N-dealkylation sites (N-methyl/N-ethyl adjacent to an activating group) is 1. The zero-order valence-corrected chi connectivity index (χ0v) is 18.9. The van der Waals surface area contributed by atoms with Crippen molar-refractivity contribution in [3.63, 3.8) is 0 Å². The van der Waals surface area contributed by atoms with Gasteiger partial charge < -0.3 is 34.1 Å². The molecule has 2 aromatic rings. The number of amides is 2. The number of methoxy groups -OCH3 is 2. The van der Waals surface area contributed by atoms with Gasteiger partial charge in [0.2, 0.25) is 6.79 Å².